The highest BCUT2D eigenvalue weighted by Crippen LogP contribution is 2.16. The Morgan fingerprint density at radius 2 is 1.95 bits per heavy atom. The summed E-state index contributed by atoms with van der Waals surface area (Å²) in [4.78, 5) is 22.4. The van der Waals surface area contributed by atoms with Gasteiger partial charge in [0.15, 0.2) is 0 Å². The van der Waals surface area contributed by atoms with Crippen LogP contribution in [0.1, 0.15) is 19.3 Å². The molecule has 0 spiro atoms. The molecule has 1 rings (SSSR count). The van der Waals surface area contributed by atoms with Crippen LogP contribution in [-0.4, -0.2) is 41.3 Å². The molecular formula is C14H18BrNO5. The number of carbonyl (C=O) groups is 2. The van der Waals surface area contributed by atoms with Crippen LogP contribution in [0.4, 0.5) is 0 Å². The first-order valence-electron chi connectivity index (χ1n) is 6.54. The number of nitrogens with one attached hydrogen (secondary N) is 1. The van der Waals surface area contributed by atoms with Crippen molar-refractivity contribution in [2.75, 3.05) is 13.2 Å². The van der Waals surface area contributed by atoms with Crippen LogP contribution >= 0.6 is 15.9 Å². The standard InChI is InChI=1S/C14H18BrNO5/c15-10-3-5-11(6-4-10)21-9-1-2-13(18)16-12(7-8-17)14(19)20/h3-6,12,17H,1-2,7-9H2,(H,16,18)(H,19,20). The molecule has 0 aromatic heterocycles. The second kappa shape index (κ2) is 9.36. The van der Waals surface area contributed by atoms with Gasteiger partial charge in [-0.15, -0.1) is 0 Å². The number of rotatable bonds is 9. The number of benzene rings is 1. The summed E-state index contributed by atoms with van der Waals surface area (Å²) >= 11 is 3.32. The summed E-state index contributed by atoms with van der Waals surface area (Å²) in [5.41, 5.74) is 0. The van der Waals surface area contributed by atoms with Gasteiger partial charge in [0, 0.05) is 23.9 Å². The largest absolute Gasteiger partial charge is 0.494 e. The van der Waals surface area contributed by atoms with E-state index >= 15 is 0 Å². The van der Waals surface area contributed by atoms with Crippen molar-refractivity contribution in [3.63, 3.8) is 0 Å². The van der Waals surface area contributed by atoms with Crippen LogP contribution in [0.2, 0.25) is 0 Å². The van der Waals surface area contributed by atoms with Gasteiger partial charge in [0.2, 0.25) is 5.91 Å². The number of amides is 1. The Balaban J connectivity index is 2.23. The van der Waals surface area contributed by atoms with Crippen molar-refractivity contribution in [2.45, 2.75) is 25.3 Å². The summed E-state index contributed by atoms with van der Waals surface area (Å²) in [5, 5.41) is 19.9. The average Bonchev–Trinajstić information content (AvgIpc) is 2.45. The molecule has 3 N–H and O–H groups in total. The summed E-state index contributed by atoms with van der Waals surface area (Å²) in [7, 11) is 0. The summed E-state index contributed by atoms with van der Waals surface area (Å²) in [5.74, 6) is -0.805. The number of aliphatic hydroxyl groups is 1. The number of aliphatic carboxylic acids is 1. The van der Waals surface area contributed by atoms with Gasteiger partial charge in [-0.3, -0.25) is 4.79 Å². The molecular weight excluding hydrogens is 342 g/mol. The first-order valence-corrected chi connectivity index (χ1v) is 7.33. The fourth-order valence-electron chi connectivity index (χ4n) is 1.61. The summed E-state index contributed by atoms with van der Waals surface area (Å²) in [6.45, 7) is 0.0801. The average molecular weight is 360 g/mol. The molecule has 7 heteroatoms. The highest BCUT2D eigenvalue weighted by Gasteiger charge is 2.18. The zero-order valence-corrected chi connectivity index (χ0v) is 13.0. The van der Waals surface area contributed by atoms with Crippen LogP contribution in [0, 0.1) is 0 Å². The van der Waals surface area contributed by atoms with E-state index in [9.17, 15) is 9.59 Å². The van der Waals surface area contributed by atoms with E-state index in [0.717, 1.165) is 4.47 Å². The molecule has 21 heavy (non-hydrogen) atoms. The molecule has 0 aliphatic rings. The Morgan fingerprint density at radius 1 is 1.29 bits per heavy atom. The van der Waals surface area contributed by atoms with E-state index < -0.39 is 12.0 Å². The molecule has 1 amide bonds. The van der Waals surface area contributed by atoms with Gasteiger partial charge >= 0.3 is 5.97 Å². The van der Waals surface area contributed by atoms with E-state index in [1.165, 1.54) is 0 Å². The van der Waals surface area contributed by atoms with Crippen molar-refractivity contribution >= 4 is 27.8 Å². The maximum absolute atomic E-state index is 11.6. The molecule has 1 unspecified atom stereocenters. The molecule has 1 aromatic carbocycles. The second-order valence-corrected chi connectivity index (χ2v) is 5.29. The van der Waals surface area contributed by atoms with Crippen molar-refractivity contribution < 1.29 is 24.5 Å². The van der Waals surface area contributed by atoms with Crippen LogP contribution in [0.5, 0.6) is 5.75 Å². The number of aliphatic hydroxyl groups excluding tert-OH is 1. The normalized spacial score (nSPS) is 11.7. The van der Waals surface area contributed by atoms with Crippen LogP contribution in [0.3, 0.4) is 0 Å². The molecule has 0 heterocycles. The van der Waals surface area contributed by atoms with Gasteiger partial charge in [0.05, 0.1) is 6.61 Å². The zero-order valence-electron chi connectivity index (χ0n) is 11.4. The minimum atomic E-state index is -1.15. The van der Waals surface area contributed by atoms with Crippen LogP contribution < -0.4 is 10.1 Å². The topological polar surface area (TPSA) is 95.9 Å². The maximum Gasteiger partial charge on any atom is 0.326 e. The number of halogens is 1. The lowest BCUT2D eigenvalue weighted by atomic mass is 10.2. The lowest BCUT2D eigenvalue weighted by molar-refractivity contribution is -0.142. The fraction of sp³-hybridized carbons (Fsp3) is 0.429. The first-order chi connectivity index (χ1) is 10.0. The number of carboxylic acid groups (broad SMARTS) is 1. The van der Waals surface area contributed by atoms with Crippen LogP contribution in [-0.2, 0) is 9.59 Å². The number of hydrogen-bond acceptors (Lipinski definition) is 4. The Morgan fingerprint density at radius 3 is 2.52 bits per heavy atom. The van der Waals surface area contributed by atoms with Crippen molar-refractivity contribution in [1.82, 2.24) is 5.32 Å². The third-order valence-corrected chi connectivity index (χ3v) is 3.21. The highest BCUT2D eigenvalue weighted by atomic mass is 79.9. The molecule has 0 bridgehead atoms. The molecule has 0 saturated heterocycles. The van der Waals surface area contributed by atoms with Crippen molar-refractivity contribution in [3.8, 4) is 5.75 Å². The minimum absolute atomic E-state index is 0.00351. The number of carbonyl (C=O) groups excluding carboxylic acids is 1. The van der Waals surface area contributed by atoms with Gasteiger partial charge in [-0.25, -0.2) is 4.79 Å². The third kappa shape index (κ3) is 7.10. The van der Waals surface area contributed by atoms with E-state index in [2.05, 4.69) is 21.2 Å². The lowest BCUT2D eigenvalue weighted by Gasteiger charge is -2.13. The molecule has 1 aromatic rings. The third-order valence-electron chi connectivity index (χ3n) is 2.68. The van der Waals surface area contributed by atoms with E-state index in [1.54, 1.807) is 0 Å². The van der Waals surface area contributed by atoms with Gasteiger partial charge in [-0.2, -0.15) is 0 Å². The quantitative estimate of drug-likeness (QED) is 0.581. The van der Waals surface area contributed by atoms with Gasteiger partial charge in [0.25, 0.3) is 0 Å². The molecule has 0 aliphatic heterocycles. The van der Waals surface area contributed by atoms with Gasteiger partial charge in [0.1, 0.15) is 11.8 Å². The summed E-state index contributed by atoms with van der Waals surface area (Å²) in [6.07, 6.45) is 0.648. The van der Waals surface area contributed by atoms with Crippen molar-refractivity contribution in [1.29, 1.82) is 0 Å². The molecule has 1 atom stereocenters. The minimum Gasteiger partial charge on any atom is -0.494 e. The lowest BCUT2D eigenvalue weighted by Crippen LogP contribution is -2.41. The monoisotopic (exact) mass is 359 g/mol. The van der Waals surface area contributed by atoms with E-state index in [-0.39, 0.29) is 25.4 Å². The SMILES string of the molecule is O=C(CCCOc1ccc(Br)cc1)NC(CCO)C(=O)O. The van der Waals surface area contributed by atoms with E-state index in [0.29, 0.717) is 18.8 Å². The van der Waals surface area contributed by atoms with Crippen molar-refractivity contribution in [3.05, 3.63) is 28.7 Å². The van der Waals surface area contributed by atoms with Crippen LogP contribution in [0.25, 0.3) is 0 Å². The molecule has 0 saturated carbocycles. The molecule has 6 nitrogen and oxygen atoms in total. The Hall–Kier alpha value is -1.60. The Kier molecular flexibility index (Phi) is 7.78. The van der Waals surface area contributed by atoms with Gasteiger partial charge in [-0.1, -0.05) is 15.9 Å². The maximum atomic E-state index is 11.6. The second-order valence-electron chi connectivity index (χ2n) is 4.38. The molecule has 0 radical (unpaired) electrons. The molecule has 0 fully saturated rings. The molecule has 116 valence electrons. The highest BCUT2D eigenvalue weighted by molar-refractivity contribution is 9.10. The fourth-order valence-corrected chi connectivity index (χ4v) is 1.87. The van der Waals surface area contributed by atoms with E-state index in [1.807, 2.05) is 24.3 Å². The first kappa shape index (κ1) is 17.5. The summed E-state index contributed by atoms with van der Waals surface area (Å²) in [6, 6.07) is 6.29. The van der Waals surface area contributed by atoms with Crippen molar-refractivity contribution in [2.24, 2.45) is 0 Å². The molecule has 0 aliphatic carbocycles. The summed E-state index contributed by atoms with van der Waals surface area (Å²) < 4.78 is 6.41. The number of hydrogen-bond donors (Lipinski definition) is 3. The smallest absolute Gasteiger partial charge is 0.326 e. The van der Waals surface area contributed by atoms with Crippen LogP contribution in [0.15, 0.2) is 28.7 Å². The number of ether oxygens (including phenoxy) is 1. The van der Waals surface area contributed by atoms with E-state index in [4.69, 9.17) is 14.9 Å². The number of carboxylic acids is 1. The predicted octanol–water partition coefficient (Wildman–Crippen LogP) is 1.56. The zero-order chi connectivity index (χ0) is 15.7. The van der Waals surface area contributed by atoms with Gasteiger partial charge in [-0.05, 0) is 30.7 Å². The predicted molar refractivity (Wildman–Crippen MR) is 80.1 cm³/mol. The Bertz CT molecular complexity index is 463. The van der Waals surface area contributed by atoms with Gasteiger partial charge < -0.3 is 20.3 Å². The Labute approximate surface area is 131 Å².